The minimum atomic E-state index is -1.28. The number of methoxy groups -OCH3 is 2. The molecule has 1 amide bonds. The third-order valence-electron chi connectivity index (χ3n) is 3.32. The van der Waals surface area contributed by atoms with Crippen molar-refractivity contribution in [3.63, 3.8) is 0 Å². The first kappa shape index (κ1) is 18.4. The van der Waals surface area contributed by atoms with Crippen molar-refractivity contribution in [1.29, 1.82) is 0 Å². The fourth-order valence-corrected chi connectivity index (χ4v) is 2.32. The second kappa shape index (κ2) is 8.21. The first-order valence-electron chi connectivity index (χ1n) is 7.19. The van der Waals surface area contributed by atoms with Gasteiger partial charge in [-0.25, -0.2) is 4.79 Å². The maximum Gasteiger partial charge on any atom is 0.352 e. The number of rotatable bonds is 6. The molecule has 0 saturated heterocycles. The minimum Gasteiger partial charge on any atom is -0.493 e. The van der Waals surface area contributed by atoms with Crippen LogP contribution in [0.15, 0.2) is 48.2 Å². The minimum absolute atomic E-state index is 0.184. The summed E-state index contributed by atoms with van der Waals surface area (Å²) >= 11 is 5.96. The lowest BCUT2D eigenvalue weighted by molar-refractivity contribution is -0.132. The Morgan fingerprint density at radius 3 is 2.36 bits per heavy atom. The number of ether oxygens (including phenoxy) is 2. The van der Waals surface area contributed by atoms with Crippen molar-refractivity contribution in [2.75, 3.05) is 14.2 Å². The molecule has 2 aromatic carbocycles. The molecule has 0 saturated carbocycles. The molecule has 0 aromatic heterocycles. The fourth-order valence-electron chi connectivity index (χ4n) is 2.10. The average molecular weight is 362 g/mol. The molecule has 0 aliphatic heterocycles. The summed E-state index contributed by atoms with van der Waals surface area (Å²) in [6.45, 7) is 0. The second-order valence-corrected chi connectivity index (χ2v) is 5.32. The predicted molar refractivity (Wildman–Crippen MR) is 94.1 cm³/mol. The molecule has 2 rings (SSSR count). The molecular formula is C18H16ClNO5. The summed E-state index contributed by atoms with van der Waals surface area (Å²) in [5, 5.41) is 11.9. The standard InChI is InChI=1S/C18H16ClNO5/c1-24-15-8-7-11(10-16(15)25-2)9-14(18(22)23)20-17(21)12-5-3-4-6-13(12)19/h3-10H,1-2H3,(H,20,21)(H,22,23). The van der Waals surface area contributed by atoms with E-state index in [0.29, 0.717) is 17.1 Å². The van der Waals surface area contributed by atoms with Crippen LogP contribution >= 0.6 is 11.6 Å². The van der Waals surface area contributed by atoms with Gasteiger partial charge in [-0.3, -0.25) is 4.79 Å². The molecular weight excluding hydrogens is 346 g/mol. The smallest absolute Gasteiger partial charge is 0.352 e. The van der Waals surface area contributed by atoms with Gasteiger partial charge < -0.3 is 19.9 Å². The number of carboxylic acids is 1. The Balaban J connectivity index is 2.32. The molecule has 0 aliphatic rings. The summed E-state index contributed by atoms with van der Waals surface area (Å²) in [7, 11) is 2.97. The van der Waals surface area contributed by atoms with Crippen molar-refractivity contribution >= 4 is 29.6 Å². The fraction of sp³-hybridized carbons (Fsp3) is 0.111. The highest BCUT2D eigenvalue weighted by Crippen LogP contribution is 2.28. The number of hydrogen-bond donors (Lipinski definition) is 2. The summed E-state index contributed by atoms with van der Waals surface area (Å²) in [4.78, 5) is 23.7. The largest absolute Gasteiger partial charge is 0.493 e. The highest BCUT2D eigenvalue weighted by Gasteiger charge is 2.16. The van der Waals surface area contributed by atoms with Crippen molar-refractivity contribution in [1.82, 2.24) is 5.32 Å². The third kappa shape index (κ3) is 4.51. The van der Waals surface area contributed by atoms with E-state index in [1.165, 1.54) is 26.4 Å². The van der Waals surface area contributed by atoms with Crippen molar-refractivity contribution < 1.29 is 24.2 Å². The van der Waals surface area contributed by atoms with Gasteiger partial charge in [-0.05, 0) is 35.9 Å². The van der Waals surface area contributed by atoms with Crippen LogP contribution in [-0.4, -0.2) is 31.2 Å². The zero-order valence-corrected chi connectivity index (χ0v) is 14.3. The van der Waals surface area contributed by atoms with Gasteiger partial charge in [0.1, 0.15) is 5.70 Å². The van der Waals surface area contributed by atoms with E-state index in [4.69, 9.17) is 21.1 Å². The van der Waals surface area contributed by atoms with Gasteiger partial charge in [-0.2, -0.15) is 0 Å². The van der Waals surface area contributed by atoms with E-state index < -0.39 is 11.9 Å². The maximum absolute atomic E-state index is 12.2. The number of benzene rings is 2. The highest BCUT2D eigenvalue weighted by atomic mass is 35.5. The number of carboxylic acid groups (broad SMARTS) is 1. The van der Waals surface area contributed by atoms with Crippen LogP contribution in [0.25, 0.3) is 6.08 Å². The molecule has 2 aromatic rings. The van der Waals surface area contributed by atoms with E-state index in [1.54, 1.807) is 36.4 Å². The summed E-state index contributed by atoms with van der Waals surface area (Å²) in [6, 6.07) is 11.3. The maximum atomic E-state index is 12.2. The number of aliphatic carboxylic acids is 1. The molecule has 0 fully saturated rings. The van der Waals surface area contributed by atoms with E-state index in [-0.39, 0.29) is 16.3 Å². The summed E-state index contributed by atoms with van der Waals surface area (Å²) in [5.41, 5.74) is 0.412. The molecule has 25 heavy (non-hydrogen) atoms. The SMILES string of the molecule is COc1ccc(C=C(NC(=O)c2ccccc2Cl)C(=O)O)cc1OC. The van der Waals surface area contributed by atoms with E-state index >= 15 is 0 Å². The molecule has 0 aliphatic carbocycles. The van der Waals surface area contributed by atoms with Gasteiger partial charge >= 0.3 is 5.97 Å². The molecule has 0 radical (unpaired) electrons. The van der Waals surface area contributed by atoms with Crippen molar-refractivity contribution in [3.05, 3.63) is 64.3 Å². The lowest BCUT2D eigenvalue weighted by atomic mass is 10.1. The Morgan fingerprint density at radius 1 is 1.08 bits per heavy atom. The average Bonchev–Trinajstić information content (AvgIpc) is 2.61. The van der Waals surface area contributed by atoms with Crippen molar-refractivity contribution in [2.45, 2.75) is 0 Å². The van der Waals surface area contributed by atoms with Crippen LogP contribution < -0.4 is 14.8 Å². The van der Waals surface area contributed by atoms with Gasteiger partial charge in [0.05, 0.1) is 24.8 Å². The Labute approximate surface area is 149 Å². The summed E-state index contributed by atoms with van der Waals surface area (Å²) < 4.78 is 10.3. The molecule has 0 heterocycles. The number of amides is 1. The summed E-state index contributed by atoms with van der Waals surface area (Å²) in [5.74, 6) is -0.940. The number of carbonyl (C=O) groups excluding carboxylic acids is 1. The molecule has 7 heteroatoms. The van der Waals surface area contributed by atoms with Crippen LogP contribution in [0, 0.1) is 0 Å². The van der Waals surface area contributed by atoms with Crippen LogP contribution in [0.1, 0.15) is 15.9 Å². The van der Waals surface area contributed by atoms with Crippen LogP contribution in [0.3, 0.4) is 0 Å². The quantitative estimate of drug-likeness (QED) is 0.772. The Hall–Kier alpha value is -2.99. The zero-order valence-electron chi connectivity index (χ0n) is 13.6. The first-order chi connectivity index (χ1) is 12.0. The molecule has 6 nitrogen and oxygen atoms in total. The normalized spacial score (nSPS) is 10.9. The second-order valence-electron chi connectivity index (χ2n) is 4.91. The molecule has 0 atom stereocenters. The first-order valence-corrected chi connectivity index (χ1v) is 7.57. The number of nitrogens with one attached hydrogen (secondary N) is 1. The van der Waals surface area contributed by atoms with Gasteiger partial charge in [-0.1, -0.05) is 29.8 Å². The van der Waals surface area contributed by atoms with E-state index in [9.17, 15) is 14.7 Å². The third-order valence-corrected chi connectivity index (χ3v) is 3.65. The van der Waals surface area contributed by atoms with Crippen LogP contribution in [-0.2, 0) is 4.79 Å². The Kier molecular flexibility index (Phi) is 6.03. The molecule has 2 N–H and O–H groups in total. The van der Waals surface area contributed by atoms with E-state index in [2.05, 4.69) is 5.32 Å². The van der Waals surface area contributed by atoms with Gasteiger partial charge in [0.25, 0.3) is 5.91 Å². The van der Waals surface area contributed by atoms with Gasteiger partial charge in [0, 0.05) is 0 Å². The molecule has 0 unspecified atom stereocenters. The number of halogens is 1. The van der Waals surface area contributed by atoms with E-state index in [0.717, 1.165) is 0 Å². The topological polar surface area (TPSA) is 84.9 Å². The molecule has 0 spiro atoms. The Morgan fingerprint density at radius 2 is 1.76 bits per heavy atom. The molecule has 130 valence electrons. The van der Waals surface area contributed by atoms with Crippen molar-refractivity contribution in [3.8, 4) is 11.5 Å². The Bertz CT molecular complexity index is 832. The number of hydrogen-bond acceptors (Lipinski definition) is 4. The lowest BCUT2D eigenvalue weighted by Gasteiger charge is -2.10. The van der Waals surface area contributed by atoms with Crippen molar-refractivity contribution in [2.24, 2.45) is 0 Å². The van der Waals surface area contributed by atoms with Crippen LogP contribution in [0.2, 0.25) is 5.02 Å². The molecule has 0 bridgehead atoms. The van der Waals surface area contributed by atoms with Gasteiger partial charge in [-0.15, -0.1) is 0 Å². The van der Waals surface area contributed by atoms with Gasteiger partial charge in [0.15, 0.2) is 11.5 Å². The summed E-state index contributed by atoms with van der Waals surface area (Å²) in [6.07, 6.45) is 1.32. The highest BCUT2D eigenvalue weighted by molar-refractivity contribution is 6.34. The number of carbonyl (C=O) groups is 2. The monoisotopic (exact) mass is 361 g/mol. The lowest BCUT2D eigenvalue weighted by Crippen LogP contribution is -2.27. The predicted octanol–water partition coefficient (Wildman–Crippen LogP) is 3.21. The van der Waals surface area contributed by atoms with E-state index in [1.807, 2.05) is 0 Å². The van der Waals surface area contributed by atoms with Gasteiger partial charge in [0.2, 0.25) is 0 Å². The zero-order chi connectivity index (χ0) is 18.4. The van der Waals surface area contributed by atoms with Crippen LogP contribution in [0.4, 0.5) is 0 Å². The van der Waals surface area contributed by atoms with Crippen LogP contribution in [0.5, 0.6) is 11.5 Å².